The molecule has 19 heavy (non-hydrogen) atoms. The van der Waals surface area contributed by atoms with Crippen LogP contribution in [-0.4, -0.2) is 33.6 Å². The summed E-state index contributed by atoms with van der Waals surface area (Å²) >= 11 is 1.54. The highest BCUT2D eigenvalue weighted by Crippen LogP contribution is 2.23. The fraction of sp³-hybridized carbons (Fsp3) is 0.417. The van der Waals surface area contributed by atoms with E-state index in [4.69, 9.17) is 10.2 Å². The predicted molar refractivity (Wildman–Crippen MR) is 72.4 cm³/mol. The van der Waals surface area contributed by atoms with Crippen molar-refractivity contribution in [3.8, 4) is 10.8 Å². The Morgan fingerprint density at radius 1 is 1.53 bits per heavy atom. The number of nitrogens with two attached hydrogens (primary N) is 1. The van der Waals surface area contributed by atoms with E-state index in [1.807, 2.05) is 36.3 Å². The van der Waals surface area contributed by atoms with Crippen molar-refractivity contribution in [2.24, 2.45) is 5.73 Å². The molecule has 102 valence electrons. The second kappa shape index (κ2) is 5.94. The second-order valence-electron chi connectivity index (χ2n) is 4.44. The number of amides is 1. The van der Waals surface area contributed by atoms with Gasteiger partial charge in [0.2, 0.25) is 11.8 Å². The third-order valence-corrected chi connectivity index (χ3v) is 3.48. The predicted octanol–water partition coefficient (Wildman–Crippen LogP) is 1.49. The molecule has 2 N–H and O–H groups in total. The van der Waals surface area contributed by atoms with Crippen molar-refractivity contribution in [2.45, 2.75) is 26.4 Å². The summed E-state index contributed by atoms with van der Waals surface area (Å²) in [5.41, 5.74) is 5.22. The topological polar surface area (TPSA) is 85.2 Å². The molecule has 0 aromatic carbocycles. The maximum atomic E-state index is 11.0. The monoisotopic (exact) mass is 280 g/mol. The van der Waals surface area contributed by atoms with E-state index in [9.17, 15) is 4.79 Å². The average Bonchev–Trinajstić information content (AvgIpc) is 2.97. The van der Waals surface area contributed by atoms with Crippen molar-refractivity contribution < 1.29 is 9.21 Å². The molecule has 0 bridgehead atoms. The number of carbonyl (C=O) groups is 1. The van der Waals surface area contributed by atoms with E-state index in [0.29, 0.717) is 18.3 Å². The number of thiophene rings is 1. The number of rotatable bonds is 6. The van der Waals surface area contributed by atoms with Gasteiger partial charge in [-0.05, 0) is 25.3 Å². The molecular weight excluding hydrogens is 264 g/mol. The number of carbonyl (C=O) groups excluding carboxylic acids is 1. The van der Waals surface area contributed by atoms with E-state index in [1.165, 1.54) is 0 Å². The molecule has 2 rings (SSSR count). The minimum atomic E-state index is -0.369. The Hall–Kier alpha value is -1.73. The van der Waals surface area contributed by atoms with Crippen molar-refractivity contribution in [3.63, 3.8) is 0 Å². The molecule has 1 amide bonds. The van der Waals surface area contributed by atoms with Crippen molar-refractivity contribution in [1.82, 2.24) is 15.1 Å². The van der Waals surface area contributed by atoms with Gasteiger partial charge in [0.1, 0.15) is 0 Å². The summed E-state index contributed by atoms with van der Waals surface area (Å²) in [6, 6.07) is 4.02. The van der Waals surface area contributed by atoms with Crippen LogP contribution in [0.15, 0.2) is 21.9 Å². The van der Waals surface area contributed by atoms with Crippen LogP contribution < -0.4 is 5.73 Å². The van der Waals surface area contributed by atoms with Gasteiger partial charge in [-0.3, -0.25) is 9.69 Å². The zero-order valence-electron chi connectivity index (χ0n) is 10.9. The van der Waals surface area contributed by atoms with Crippen LogP contribution in [0.25, 0.3) is 10.8 Å². The largest absolute Gasteiger partial charge is 0.419 e. The highest BCUT2D eigenvalue weighted by molar-refractivity contribution is 7.13. The Morgan fingerprint density at radius 3 is 2.89 bits per heavy atom. The van der Waals surface area contributed by atoms with Crippen molar-refractivity contribution in [3.05, 3.63) is 23.4 Å². The van der Waals surface area contributed by atoms with Gasteiger partial charge in [-0.25, -0.2) is 0 Å². The molecule has 0 radical (unpaired) electrons. The molecular formula is C12H16N4O2S. The fourth-order valence-corrected chi connectivity index (χ4v) is 2.26. The molecule has 7 heteroatoms. The molecule has 0 fully saturated rings. The molecule has 0 saturated carbocycles. The first-order valence-electron chi connectivity index (χ1n) is 5.95. The summed E-state index contributed by atoms with van der Waals surface area (Å²) < 4.78 is 5.58. The van der Waals surface area contributed by atoms with Gasteiger partial charge in [-0.1, -0.05) is 6.07 Å². The smallest absolute Gasteiger partial charge is 0.257 e. The zero-order chi connectivity index (χ0) is 13.8. The average molecular weight is 280 g/mol. The number of primary amides is 1. The molecule has 6 nitrogen and oxygen atoms in total. The van der Waals surface area contributed by atoms with Gasteiger partial charge in [0.25, 0.3) is 5.89 Å². The molecule has 2 aromatic heterocycles. The molecule has 0 aliphatic heterocycles. The molecule has 2 heterocycles. The van der Waals surface area contributed by atoms with Gasteiger partial charge in [0.05, 0.1) is 18.0 Å². The Labute approximate surface area is 115 Å². The van der Waals surface area contributed by atoms with E-state index in [0.717, 1.165) is 4.88 Å². The molecule has 0 saturated heterocycles. The lowest BCUT2D eigenvalue weighted by molar-refractivity contribution is -0.119. The van der Waals surface area contributed by atoms with Crippen LogP contribution in [0.5, 0.6) is 0 Å². The van der Waals surface area contributed by atoms with Crippen LogP contribution >= 0.6 is 11.3 Å². The first kappa shape index (κ1) is 13.7. The van der Waals surface area contributed by atoms with E-state index in [-0.39, 0.29) is 18.5 Å². The fourth-order valence-electron chi connectivity index (χ4n) is 1.61. The summed E-state index contributed by atoms with van der Waals surface area (Å²) in [6.45, 7) is 4.56. The van der Waals surface area contributed by atoms with Gasteiger partial charge in [0.15, 0.2) is 0 Å². The van der Waals surface area contributed by atoms with Crippen molar-refractivity contribution in [1.29, 1.82) is 0 Å². The summed E-state index contributed by atoms with van der Waals surface area (Å²) in [7, 11) is 0. The summed E-state index contributed by atoms with van der Waals surface area (Å²) in [5, 5.41) is 9.95. The minimum Gasteiger partial charge on any atom is -0.419 e. The maximum absolute atomic E-state index is 11.0. The van der Waals surface area contributed by atoms with Crippen LogP contribution in [0.4, 0.5) is 0 Å². The van der Waals surface area contributed by atoms with Gasteiger partial charge in [-0.15, -0.1) is 21.5 Å². The van der Waals surface area contributed by atoms with Gasteiger partial charge < -0.3 is 10.2 Å². The second-order valence-corrected chi connectivity index (χ2v) is 5.39. The summed E-state index contributed by atoms with van der Waals surface area (Å²) in [4.78, 5) is 13.8. The summed E-state index contributed by atoms with van der Waals surface area (Å²) in [5.74, 6) is 0.623. The maximum Gasteiger partial charge on any atom is 0.257 e. The lowest BCUT2D eigenvalue weighted by Crippen LogP contribution is -2.38. The summed E-state index contributed by atoms with van der Waals surface area (Å²) in [6.07, 6.45) is 0. The number of nitrogens with zero attached hydrogens (tertiary/aromatic N) is 3. The third kappa shape index (κ3) is 3.62. The van der Waals surface area contributed by atoms with Gasteiger partial charge in [-0.2, -0.15) is 0 Å². The molecule has 0 aliphatic carbocycles. The van der Waals surface area contributed by atoms with E-state index >= 15 is 0 Å². The Kier molecular flexibility index (Phi) is 4.28. The SMILES string of the molecule is CC(C)N(CC(N)=O)Cc1nnc(-c2cccs2)o1. The Morgan fingerprint density at radius 2 is 2.32 bits per heavy atom. The van der Waals surface area contributed by atoms with Crippen LogP contribution in [-0.2, 0) is 11.3 Å². The Balaban J connectivity index is 2.08. The lowest BCUT2D eigenvalue weighted by atomic mass is 10.3. The van der Waals surface area contributed by atoms with E-state index in [1.54, 1.807) is 11.3 Å². The normalized spacial score (nSPS) is 11.4. The highest BCUT2D eigenvalue weighted by atomic mass is 32.1. The quantitative estimate of drug-likeness (QED) is 0.866. The van der Waals surface area contributed by atoms with Crippen LogP contribution in [0.1, 0.15) is 19.7 Å². The highest BCUT2D eigenvalue weighted by Gasteiger charge is 2.17. The van der Waals surface area contributed by atoms with E-state index < -0.39 is 0 Å². The lowest BCUT2D eigenvalue weighted by Gasteiger charge is -2.22. The van der Waals surface area contributed by atoms with Crippen molar-refractivity contribution in [2.75, 3.05) is 6.54 Å². The molecule has 0 unspecified atom stereocenters. The van der Waals surface area contributed by atoms with Gasteiger partial charge >= 0.3 is 0 Å². The minimum absolute atomic E-state index is 0.171. The van der Waals surface area contributed by atoms with Crippen LogP contribution in [0.2, 0.25) is 0 Å². The molecule has 2 aromatic rings. The molecule has 0 aliphatic rings. The first-order valence-corrected chi connectivity index (χ1v) is 6.83. The van der Waals surface area contributed by atoms with Crippen molar-refractivity contribution >= 4 is 17.2 Å². The number of aromatic nitrogens is 2. The molecule has 0 atom stereocenters. The van der Waals surface area contributed by atoms with Crippen LogP contribution in [0, 0.1) is 0 Å². The Bertz CT molecular complexity index is 536. The number of hydrogen-bond donors (Lipinski definition) is 1. The van der Waals surface area contributed by atoms with Crippen LogP contribution in [0.3, 0.4) is 0 Å². The first-order chi connectivity index (χ1) is 9.06. The molecule has 0 spiro atoms. The third-order valence-electron chi connectivity index (χ3n) is 2.63. The van der Waals surface area contributed by atoms with Gasteiger partial charge in [0, 0.05) is 6.04 Å². The van der Waals surface area contributed by atoms with E-state index in [2.05, 4.69) is 10.2 Å². The zero-order valence-corrected chi connectivity index (χ0v) is 11.7. The number of hydrogen-bond acceptors (Lipinski definition) is 6. The standard InChI is InChI=1S/C12H16N4O2S/c1-8(2)16(6-10(13)17)7-11-14-15-12(18-11)9-4-3-5-19-9/h3-5,8H,6-7H2,1-2H3,(H2,13,17).